The van der Waals surface area contributed by atoms with E-state index in [0.717, 1.165) is 10.2 Å². The lowest BCUT2D eigenvalue weighted by molar-refractivity contribution is -0.175. The molecule has 0 fully saturated rings. The summed E-state index contributed by atoms with van der Waals surface area (Å²) in [6, 6.07) is -0.249. The molecule has 1 rings (SSSR count). The molecule has 1 atom stereocenters. The molecule has 0 aliphatic carbocycles. The molecule has 0 saturated carbocycles. The molecular weight excluding hydrogens is 327 g/mol. The Morgan fingerprint density at radius 2 is 2.11 bits per heavy atom. The largest absolute Gasteiger partial charge is 0.411 e. The van der Waals surface area contributed by atoms with Crippen molar-refractivity contribution in [3.63, 3.8) is 0 Å². The summed E-state index contributed by atoms with van der Waals surface area (Å²) < 4.78 is 43.4. The lowest BCUT2D eigenvalue weighted by Crippen LogP contribution is -2.28. The minimum Gasteiger partial charge on any atom is -0.370 e. The number of hydrogen-bond acceptors (Lipinski definition) is 3. The van der Waals surface area contributed by atoms with E-state index in [1.54, 1.807) is 17.9 Å². The second-order valence-corrected chi connectivity index (χ2v) is 5.24. The molecule has 0 saturated heterocycles. The van der Waals surface area contributed by atoms with Gasteiger partial charge in [0.2, 0.25) is 0 Å². The first-order chi connectivity index (χ1) is 8.76. The topological polar surface area (TPSA) is 39.1 Å². The van der Waals surface area contributed by atoms with Gasteiger partial charge in [0.25, 0.3) is 0 Å². The summed E-state index contributed by atoms with van der Waals surface area (Å²) in [5.74, 6) is 0. The van der Waals surface area contributed by atoms with Gasteiger partial charge in [0, 0.05) is 6.04 Å². The molecule has 0 aliphatic heterocycles. The van der Waals surface area contributed by atoms with E-state index in [9.17, 15) is 13.2 Å². The summed E-state index contributed by atoms with van der Waals surface area (Å²) in [4.78, 5) is 0. The Kier molecular flexibility index (Phi) is 5.82. The van der Waals surface area contributed by atoms with Crippen LogP contribution in [-0.2, 0) is 4.74 Å². The van der Waals surface area contributed by atoms with Gasteiger partial charge in [0.05, 0.1) is 29.0 Å². The third kappa shape index (κ3) is 4.77. The third-order valence-electron chi connectivity index (χ3n) is 2.50. The van der Waals surface area contributed by atoms with Gasteiger partial charge in [-0.1, -0.05) is 0 Å². The molecule has 0 aliphatic rings. The average Bonchev–Trinajstić information content (AvgIpc) is 2.65. The van der Waals surface area contributed by atoms with E-state index in [-0.39, 0.29) is 18.7 Å². The average molecular weight is 344 g/mol. The summed E-state index contributed by atoms with van der Waals surface area (Å²) in [6.07, 6.45) is -2.68. The molecule has 0 aromatic carbocycles. The fourth-order valence-electron chi connectivity index (χ4n) is 1.68. The maximum absolute atomic E-state index is 12.1. The minimum absolute atomic E-state index is 0.0764. The highest BCUT2D eigenvalue weighted by atomic mass is 79.9. The van der Waals surface area contributed by atoms with Gasteiger partial charge >= 0.3 is 6.18 Å². The predicted molar refractivity (Wildman–Crippen MR) is 69.0 cm³/mol. The Morgan fingerprint density at radius 3 is 2.58 bits per heavy atom. The first kappa shape index (κ1) is 16.5. The van der Waals surface area contributed by atoms with Crippen molar-refractivity contribution in [3.05, 3.63) is 16.4 Å². The molecule has 0 spiro atoms. The number of halogens is 4. The SMILES string of the molecule is CNC(COCC(F)(F)F)c1c(Br)cnn1C(C)C. The normalized spacial score (nSPS) is 14.1. The number of alkyl halides is 3. The van der Waals surface area contributed by atoms with Crippen LogP contribution in [0.3, 0.4) is 0 Å². The molecule has 0 bridgehead atoms. The number of hydrogen-bond donors (Lipinski definition) is 1. The van der Waals surface area contributed by atoms with Gasteiger partial charge in [-0.25, -0.2) is 0 Å². The van der Waals surface area contributed by atoms with Gasteiger partial charge in [-0.05, 0) is 36.8 Å². The highest BCUT2D eigenvalue weighted by Crippen LogP contribution is 2.26. The monoisotopic (exact) mass is 343 g/mol. The lowest BCUT2D eigenvalue weighted by Gasteiger charge is -2.21. The molecular formula is C11H17BrF3N3O. The molecule has 1 aromatic rings. The smallest absolute Gasteiger partial charge is 0.370 e. The van der Waals surface area contributed by atoms with Gasteiger partial charge in [0.1, 0.15) is 6.61 Å². The summed E-state index contributed by atoms with van der Waals surface area (Å²) >= 11 is 3.36. The van der Waals surface area contributed by atoms with Crippen LogP contribution in [0.1, 0.15) is 31.6 Å². The van der Waals surface area contributed by atoms with Crippen LogP contribution in [0.5, 0.6) is 0 Å². The maximum atomic E-state index is 12.1. The maximum Gasteiger partial charge on any atom is 0.411 e. The van der Waals surface area contributed by atoms with Crippen molar-refractivity contribution in [1.29, 1.82) is 0 Å². The number of nitrogens with one attached hydrogen (secondary N) is 1. The lowest BCUT2D eigenvalue weighted by atomic mass is 10.2. The van der Waals surface area contributed by atoms with Gasteiger partial charge in [-0.3, -0.25) is 4.68 Å². The predicted octanol–water partition coefficient (Wildman–Crippen LogP) is 3.07. The van der Waals surface area contributed by atoms with Crippen molar-refractivity contribution < 1.29 is 17.9 Å². The van der Waals surface area contributed by atoms with Crippen molar-refractivity contribution in [1.82, 2.24) is 15.1 Å². The summed E-state index contributed by atoms with van der Waals surface area (Å²) in [5, 5.41) is 7.14. The van der Waals surface area contributed by atoms with Crippen molar-refractivity contribution in [2.24, 2.45) is 0 Å². The van der Waals surface area contributed by atoms with Gasteiger partial charge in [-0.2, -0.15) is 18.3 Å². The number of rotatable bonds is 6. The summed E-state index contributed by atoms with van der Waals surface area (Å²) in [6.45, 7) is 2.57. The Morgan fingerprint density at radius 1 is 1.47 bits per heavy atom. The number of ether oxygens (including phenoxy) is 1. The standard InChI is InChI=1S/C11H17BrF3N3O/c1-7(2)18-10(8(12)4-17-18)9(16-3)5-19-6-11(13,14)15/h4,7,9,16H,5-6H2,1-3H3. The molecule has 110 valence electrons. The minimum atomic E-state index is -4.31. The molecule has 1 unspecified atom stereocenters. The first-order valence-corrected chi connectivity index (χ1v) is 6.60. The van der Waals surface area contributed by atoms with Crippen molar-refractivity contribution in [2.45, 2.75) is 32.1 Å². The van der Waals surface area contributed by atoms with Crippen molar-refractivity contribution in [2.75, 3.05) is 20.3 Å². The van der Waals surface area contributed by atoms with Crippen LogP contribution in [0, 0.1) is 0 Å². The molecule has 4 nitrogen and oxygen atoms in total. The van der Waals surface area contributed by atoms with Crippen LogP contribution >= 0.6 is 15.9 Å². The van der Waals surface area contributed by atoms with Crippen LogP contribution in [0.2, 0.25) is 0 Å². The van der Waals surface area contributed by atoms with E-state index in [0.29, 0.717) is 0 Å². The Labute approximate surface area is 118 Å². The van der Waals surface area contributed by atoms with Gasteiger partial charge in [-0.15, -0.1) is 0 Å². The molecule has 0 radical (unpaired) electrons. The van der Waals surface area contributed by atoms with Crippen LogP contribution in [-0.4, -0.2) is 36.2 Å². The van der Waals surface area contributed by atoms with Crippen LogP contribution in [0.4, 0.5) is 13.2 Å². The van der Waals surface area contributed by atoms with Crippen LogP contribution in [0.25, 0.3) is 0 Å². The second kappa shape index (κ2) is 6.71. The van der Waals surface area contributed by atoms with E-state index < -0.39 is 12.8 Å². The van der Waals surface area contributed by atoms with Crippen LogP contribution < -0.4 is 5.32 Å². The zero-order chi connectivity index (χ0) is 14.6. The molecule has 1 aromatic heterocycles. The fourth-order valence-corrected chi connectivity index (χ4v) is 2.23. The van der Waals surface area contributed by atoms with Crippen LogP contribution in [0.15, 0.2) is 10.7 Å². The number of nitrogens with zero attached hydrogens (tertiary/aromatic N) is 2. The van der Waals surface area contributed by atoms with Gasteiger partial charge in [0.15, 0.2) is 0 Å². The number of aromatic nitrogens is 2. The van der Waals surface area contributed by atoms with E-state index >= 15 is 0 Å². The highest BCUT2D eigenvalue weighted by Gasteiger charge is 2.29. The number of likely N-dealkylation sites (N-methyl/N-ethyl adjacent to an activating group) is 1. The third-order valence-corrected chi connectivity index (χ3v) is 3.12. The first-order valence-electron chi connectivity index (χ1n) is 5.81. The van der Waals surface area contributed by atoms with E-state index in [1.165, 1.54) is 0 Å². The molecule has 1 N–H and O–H groups in total. The van der Waals surface area contributed by atoms with E-state index in [1.807, 2.05) is 13.8 Å². The Bertz CT molecular complexity index is 406. The molecule has 8 heteroatoms. The van der Waals surface area contributed by atoms with Gasteiger partial charge < -0.3 is 10.1 Å². The summed E-state index contributed by atoms with van der Waals surface area (Å²) in [5.41, 5.74) is 0.777. The molecule has 0 amide bonds. The van der Waals surface area contributed by atoms with Crippen molar-refractivity contribution >= 4 is 15.9 Å². The Hall–Kier alpha value is -0.600. The quantitative estimate of drug-likeness (QED) is 0.862. The highest BCUT2D eigenvalue weighted by molar-refractivity contribution is 9.10. The fraction of sp³-hybridized carbons (Fsp3) is 0.727. The zero-order valence-electron chi connectivity index (χ0n) is 11.0. The molecule has 19 heavy (non-hydrogen) atoms. The van der Waals surface area contributed by atoms with E-state index in [4.69, 9.17) is 4.74 Å². The zero-order valence-corrected chi connectivity index (χ0v) is 12.5. The molecule has 1 heterocycles. The summed E-state index contributed by atoms with van der Waals surface area (Å²) in [7, 11) is 1.67. The van der Waals surface area contributed by atoms with E-state index in [2.05, 4.69) is 26.3 Å². The Balaban J connectivity index is 2.77. The van der Waals surface area contributed by atoms with Crippen molar-refractivity contribution in [3.8, 4) is 0 Å². The second-order valence-electron chi connectivity index (χ2n) is 4.39.